The zero-order valence-electron chi connectivity index (χ0n) is 15.6. The monoisotopic (exact) mass is 392 g/mol. The molecule has 0 aliphatic heterocycles. The largest absolute Gasteiger partial charge is 0.492 e. The standard InChI is InChI=1S/C20H25FN2O5/c1-14(20(22)25)28-17-8-6-16(7-9-17)26-11-10-23-12-15(24)13-27-19-5-3-2-4-18(19)21/h2-9,14-15,23-24H,10-13H2,1H3,(H2,22,25). The maximum Gasteiger partial charge on any atom is 0.258 e. The average Bonchev–Trinajstić information content (AvgIpc) is 2.68. The minimum absolute atomic E-state index is 0.0139. The molecule has 2 rings (SSSR count). The molecule has 0 fully saturated rings. The second-order valence-electron chi connectivity index (χ2n) is 6.08. The van der Waals surface area contributed by atoms with E-state index in [4.69, 9.17) is 19.9 Å². The predicted octanol–water partition coefficient (Wildman–Crippen LogP) is 1.49. The molecule has 28 heavy (non-hydrogen) atoms. The number of hydrogen-bond acceptors (Lipinski definition) is 6. The van der Waals surface area contributed by atoms with E-state index in [-0.39, 0.29) is 18.9 Å². The van der Waals surface area contributed by atoms with E-state index in [0.717, 1.165) is 0 Å². The van der Waals surface area contributed by atoms with Crippen molar-refractivity contribution >= 4 is 5.91 Å². The van der Waals surface area contributed by atoms with Crippen LogP contribution in [0.15, 0.2) is 48.5 Å². The fraction of sp³-hybridized carbons (Fsp3) is 0.350. The van der Waals surface area contributed by atoms with Gasteiger partial charge in [0, 0.05) is 13.1 Å². The Balaban J connectivity index is 1.59. The van der Waals surface area contributed by atoms with Crippen molar-refractivity contribution in [2.45, 2.75) is 19.1 Å². The van der Waals surface area contributed by atoms with Gasteiger partial charge in [0.05, 0.1) is 0 Å². The van der Waals surface area contributed by atoms with Crippen molar-refractivity contribution < 1.29 is 28.5 Å². The minimum Gasteiger partial charge on any atom is -0.492 e. The zero-order valence-corrected chi connectivity index (χ0v) is 15.6. The molecule has 1 amide bonds. The van der Waals surface area contributed by atoms with Crippen molar-refractivity contribution in [2.75, 3.05) is 26.3 Å². The number of rotatable bonds is 12. The maximum atomic E-state index is 13.4. The van der Waals surface area contributed by atoms with Gasteiger partial charge in [-0.3, -0.25) is 4.79 Å². The molecule has 2 aromatic rings. The second-order valence-corrected chi connectivity index (χ2v) is 6.08. The van der Waals surface area contributed by atoms with Gasteiger partial charge in [0.1, 0.15) is 30.8 Å². The molecular formula is C20H25FN2O5. The van der Waals surface area contributed by atoms with Gasteiger partial charge in [-0.05, 0) is 43.3 Å². The van der Waals surface area contributed by atoms with Crippen molar-refractivity contribution in [3.8, 4) is 17.2 Å². The molecule has 0 saturated carbocycles. The Bertz CT molecular complexity index is 742. The lowest BCUT2D eigenvalue weighted by Gasteiger charge is -2.14. The number of benzene rings is 2. The Hall–Kier alpha value is -2.84. The first-order valence-electron chi connectivity index (χ1n) is 8.90. The number of para-hydroxylation sites is 1. The lowest BCUT2D eigenvalue weighted by atomic mass is 10.3. The number of hydrogen-bond donors (Lipinski definition) is 3. The Kier molecular flexibility index (Phi) is 8.51. The van der Waals surface area contributed by atoms with Crippen molar-refractivity contribution in [1.82, 2.24) is 5.32 Å². The van der Waals surface area contributed by atoms with E-state index in [9.17, 15) is 14.3 Å². The molecular weight excluding hydrogens is 367 g/mol. The van der Waals surface area contributed by atoms with Gasteiger partial charge in [-0.25, -0.2) is 4.39 Å². The van der Waals surface area contributed by atoms with Crippen molar-refractivity contribution in [1.29, 1.82) is 0 Å². The fourth-order valence-corrected chi connectivity index (χ4v) is 2.19. The van der Waals surface area contributed by atoms with Crippen LogP contribution in [-0.2, 0) is 4.79 Å². The van der Waals surface area contributed by atoms with E-state index in [1.807, 2.05) is 0 Å². The summed E-state index contributed by atoms with van der Waals surface area (Å²) in [5.74, 6) is 0.283. The van der Waals surface area contributed by atoms with Crippen molar-refractivity contribution in [3.63, 3.8) is 0 Å². The number of amides is 1. The number of nitrogens with two attached hydrogens (primary N) is 1. The Morgan fingerprint density at radius 2 is 1.82 bits per heavy atom. The summed E-state index contributed by atoms with van der Waals surface area (Å²) in [5, 5.41) is 12.9. The molecule has 0 aromatic heterocycles. The number of nitrogens with one attached hydrogen (secondary N) is 1. The molecule has 152 valence electrons. The normalized spacial score (nSPS) is 12.8. The van der Waals surface area contributed by atoms with E-state index in [0.29, 0.717) is 24.7 Å². The molecule has 0 saturated heterocycles. The van der Waals surface area contributed by atoms with Gasteiger partial charge < -0.3 is 30.4 Å². The van der Waals surface area contributed by atoms with Gasteiger partial charge >= 0.3 is 0 Å². The molecule has 0 heterocycles. The quantitative estimate of drug-likeness (QED) is 0.473. The SMILES string of the molecule is CC(Oc1ccc(OCCNCC(O)COc2ccccc2F)cc1)C(N)=O. The number of aliphatic hydroxyl groups is 1. The van der Waals surface area contributed by atoms with E-state index in [1.165, 1.54) is 12.1 Å². The molecule has 2 unspecified atom stereocenters. The molecule has 0 radical (unpaired) electrons. The first kappa shape index (κ1) is 21.5. The van der Waals surface area contributed by atoms with Gasteiger partial charge in [0.25, 0.3) is 5.91 Å². The van der Waals surface area contributed by atoms with E-state index in [2.05, 4.69) is 5.32 Å². The molecule has 7 nitrogen and oxygen atoms in total. The Morgan fingerprint density at radius 3 is 2.50 bits per heavy atom. The van der Waals surface area contributed by atoms with Crippen molar-refractivity contribution in [2.24, 2.45) is 5.73 Å². The molecule has 4 N–H and O–H groups in total. The minimum atomic E-state index is -0.775. The fourth-order valence-electron chi connectivity index (χ4n) is 2.19. The van der Waals surface area contributed by atoms with Crippen molar-refractivity contribution in [3.05, 3.63) is 54.3 Å². The summed E-state index contributed by atoms with van der Waals surface area (Å²) in [4.78, 5) is 11.0. The van der Waals surface area contributed by atoms with E-state index >= 15 is 0 Å². The van der Waals surface area contributed by atoms with Crippen LogP contribution in [0.5, 0.6) is 17.2 Å². The summed E-state index contributed by atoms with van der Waals surface area (Å²) in [6, 6.07) is 12.9. The first-order valence-corrected chi connectivity index (χ1v) is 8.90. The van der Waals surface area contributed by atoms with Gasteiger partial charge in [-0.2, -0.15) is 0 Å². The first-order chi connectivity index (χ1) is 13.5. The third kappa shape index (κ3) is 7.42. The van der Waals surface area contributed by atoms with E-state index < -0.39 is 23.9 Å². The van der Waals surface area contributed by atoms with Crippen LogP contribution >= 0.6 is 0 Å². The lowest BCUT2D eigenvalue weighted by Crippen LogP contribution is -2.33. The second kappa shape index (κ2) is 11.1. The summed E-state index contributed by atoms with van der Waals surface area (Å²) in [5.41, 5.74) is 5.15. The summed E-state index contributed by atoms with van der Waals surface area (Å²) in [6.07, 6.45) is -1.48. The molecule has 0 bridgehead atoms. The summed E-state index contributed by atoms with van der Waals surface area (Å²) in [6.45, 7) is 2.75. The highest BCUT2D eigenvalue weighted by molar-refractivity contribution is 5.78. The van der Waals surface area contributed by atoms with Gasteiger partial charge in [-0.1, -0.05) is 12.1 Å². The van der Waals surface area contributed by atoms with Crippen LogP contribution in [-0.4, -0.2) is 49.5 Å². The van der Waals surface area contributed by atoms with Crippen LogP contribution < -0.4 is 25.3 Å². The molecule has 0 spiro atoms. The van der Waals surface area contributed by atoms with Gasteiger partial charge in [-0.15, -0.1) is 0 Å². The Labute approximate surface area is 163 Å². The summed E-state index contributed by atoms with van der Waals surface area (Å²) in [7, 11) is 0. The number of ether oxygens (including phenoxy) is 3. The number of carbonyl (C=O) groups is 1. The van der Waals surface area contributed by atoms with Crippen LogP contribution in [0.25, 0.3) is 0 Å². The highest BCUT2D eigenvalue weighted by Gasteiger charge is 2.10. The van der Waals surface area contributed by atoms with Gasteiger partial charge in [0.15, 0.2) is 17.7 Å². The smallest absolute Gasteiger partial charge is 0.258 e. The van der Waals surface area contributed by atoms with E-state index in [1.54, 1.807) is 43.3 Å². The Morgan fingerprint density at radius 1 is 1.14 bits per heavy atom. The molecule has 0 aliphatic rings. The maximum absolute atomic E-state index is 13.4. The highest BCUT2D eigenvalue weighted by atomic mass is 19.1. The summed E-state index contributed by atoms with van der Waals surface area (Å²) >= 11 is 0. The predicted molar refractivity (Wildman–Crippen MR) is 102 cm³/mol. The molecule has 8 heteroatoms. The molecule has 2 atom stereocenters. The number of aliphatic hydroxyl groups excluding tert-OH is 1. The van der Waals surface area contributed by atoms with Crippen LogP contribution in [0, 0.1) is 5.82 Å². The average molecular weight is 392 g/mol. The topological polar surface area (TPSA) is 103 Å². The van der Waals surface area contributed by atoms with Crippen LogP contribution in [0.2, 0.25) is 0 Å². The van der Waals surface area contributed by atoms with Gasteiger partial charge in [0.2, 0.25) is 0 Å². The third-order valence-corrected chi connectivity index (χ3v) is 3.73. The number of carbonyl (C=O) groups excluding carboxylic acids is 1. The van der Waals surface area contributed by atoms with Crippen LogP contribution in [0.3, 0.4) is 0 Å². The third-order valence-electron chi connectivity index (χ3n) is 3.73. The molecule has 0 aliphatic carbocycles. The van der Waals surface area contributed by atoms with Crippen LogP contribution in [0.1, 0.15) is 6.92 Å². The highest BCUT2D eigenvalue weighted by Crippen LogP contribution is 2.18. The lowest BCUT2D eigenvalue weighted by molar-refractivity contribution is -0.123. The van der Waals surface area contributed by atoms with Crippen LogP contribution in [0.4, 0.5) is 4.39 Å². The molecule has 2 aromatic carbocycles. The number of halogens is 1. The zero-order chi connectivity index (χ0) is 20.4. The number of primary amides is 1. The summed E-state index contributed by atoms with van der Waals surface area (Å²) < 4.78 is 29.6.